The summed E-state index contributed by atoms with van der Waals surface area (Å²) in [6, 6.07) is 14.8. The molecule has 7 rings (SSSR count). The molecule has 2 amide bonds. The molecular weight excluding hydrogens is 658 g/mol. The van der Waals surface area contributed by atoms with Gasteiger partial charge in [0.25, 0.3) is 5.91 Å². The number of benzene rings is 2. The molecule has 52 heavy (non-hydrogen) atoms. The number of fused-ring (bicyclic) bond motifs is 8. The number of nitrogens with zero attached hydrogens (tertiary/aromatic N) is 8. The SMILES string of the molecule is C.CCn1nc(C)c2c1C(=O)Cc1nc3cc(C(N)=O)ccc3n1CCNCCn1c(nc3ccccc31)NC(=O)c1cc(C)nn1CCCCC2. The van der Waals surface area contributed by atoms with Gasteiger partial charge in [-0.2, -0.15) is 10.2 Å². The van der Waals surface area contributed by atoms with Gasteiger partial charge < -0.3 is 20.2 Å². The average molecular weight is 706 g/mol. The molecule has 2 aromatic carbocycles. The molecule has 5 heterocycles. The number of aromatic nitrogens is 8. The Labute approximate surface area is 302 Å². The molecule has 0 spiro atoms. The van der Waals surface area contributed by atoms with Crippen LogP contribution >= 0.6 is 0 Å². The number of carbonyl (C=O) groups excluding carboxylic acids is 3. The Kier molecular flexibility index (Phi) is 10.7. The highest BCUT2D eigenvalue weighted by Gasteiger charge is 2.24. The van der Waals surface area contributed by atoms with Crippen LogP contribution in [-0.4, -0.2) is 69.4 Å². The summed E-state index contributed by atoms with van der Waals surface area (Å²) in [6.45, 7) is 9.25. The van der Waals surface area contributed by atoms with E-state index in [-0.39, 0.29) is 25.5 Å². The van der Waals surface area contributed by atoms with Crippen LogP contribution < -0.4 is 16.4 Å². The van der Waals surface area contributed by atoms with Gasteiger partial charge in [-0.05, 0) is 76.4 Å². The van der Waals surface area contributed by atoms with Crippen molar-refractivity contribution >= 4 is 45.6 Å². The van der Waals surface area contributed by atoms with E-state index in [0.29, 0.717) is 79.9 Å². The van der Waals surface area contributed by atoms with Crippen LogP contribution in [0, 0.1) is 13.8 Å². The molecule has 1 aliphatic heterocycles. The van der Waals surface area contributed by atoms with Gasteiger partial charge >= 0.3 is 0 Å². The monoisotopic (exact) mass is 705 g/mol. The Morgan fingerprint density at radius 1 is 0.885 bits per heavy atom. The van der Waals surface area contributed by atoms with Gasteiger partial charge in [0.05, 0.1) is 39.9 Å². The number of primary amides is 1. The molecule has 0 bridgehead atoms. The van der Waals surface area contributed by atoms with E-state index in [0.717, 1.165) is 52.8 Å². The standard InChI is InChI=1S/C37H43N11O3.CH4/c1-4-47-34-26(24(3)44-47)10-6-5-9-17-48-31(20-23(2)43-48)36(51)42-37-41-27-11-7-8-12-29(27)46(37)19-16-39-15-18-45-30-14-13-25(35(38)50)21-28(30)40-33(45)22-32(34)49;/h7-8,11-14,20-21,39H,4-6,9-10,15-19,22H2,1-3H3,(H2,38,50)(H,41,42,51);1H4. The van der Waals surface area contributed by atoms with Gasteiger partial charge in [-0.3, -0.25) is 29.1 Å². The number of anilines is 1. The van der Waals surface area contributed by atoms with E-state index in [9.17, 15) is 14.4 Å². The Hall–Kier alpha value is -5.63. The molecule has 14 heteroatoms. The first-order valence-electron chi connectivity index (χ1n) is 17.6. The zero-order chi connectivity index (χ0) is 35.6. The van der Waals surface area contributed by atoms with E-state index in [1.54, 1.807) is 21.5 Å². The molecular formula is C38H47N11O3. The normalized spacial score (nSPS) is 15.1. The number of para-hydroxylation sites is 2. The van der Waals surface area contributed by atoms with Crippen molar-refractivity contribution in [3.63, 3.8) is 0 Å². The number of ketones is 1. The lowest BCUT2D eigenvalue weighted by Crippen LogP contribution is -2.26. The van der Waals surface area contributed by atoms with E-state index in [2.05, 4.69) is 15.7 Å². The van der Waals surface area contributed by atoms with Crippen LogP contribution in [0.1, 0.15) is 87.7 Å². The summed E-state index contributed by atoms with van der Waals surface area (Å²) < 4.78 is 7.63. The van der Waals surface area contributed by atoms with Crippen molar-refractivity contribution in [3.8, 4) is 0 Å². The second-order valence-electron chi connectivity index (χ2n) is 13.1. The molecule has 1 aliphatic rings. The summed E-state index contributed by atoms with van der Waals surface area (Å²) in [5, 5.41) is 15.9. The van der Waals surface area contributed by atoms with E-state index in [1.807, 2.05) is 66.3 Å². The van der Waals surface area contributed by atoms with Crippen LogP contribution in [0.3, 0.4) is 0 Å². The second kappa shape index (κ2) is 15.3. The Bertz CT molecular complexity index is 2270. The largest absolute Gasteiger partial charge is 0.366 e. The third kappa shape index (κ3) is 7.11. The summed E-state index contributed by atoms with van der Waals surface area (Å²) in [5.41, 5.74) is 12.8. The number of imidazole rings is 2. The maximum Gasteiger partial charge on any atom is 0.276 e. The van der Waals surface area contributed by atoms with Crippen molar-refractivity contribution in [2.75, 3.05) is 18.4 Å². The summed E-state index contributed by atoms with van der Waals surface area (Å²) in [4.78, 5) is 49.5. The minimum absolute atomic E-state index is 0. The fourth-order valence-corrected chi connectivity index (χ4v) is 7.11. The molecule has 14 nitrogen and oxygen atoms in total. The number of carbonyl (C=O) groups is 3. The van der Waals surface area contributed by atoms with Gasteiger partial charge in [-0.1, -0.05) is 26.0 Å². The van der Waals surface area contributed by atoms with Crippen molar-refractivity contribution in [2.24, 2.45) is 5.73 Å². The third-order valence-electron chi connectivity index (χ3n) is 9.58. The molecule has 272 valence electrons. The molecule has 0 atom stereocenters. The lowest BCUT2D eigenvalue weighted by atomic mass is 10.0. The van der Waals surface area contributed by atoms with Crippen molar-refractivity contribution in [2.45, 2.75) is 86.5 Å². The Morgan fingerprint density at radius 2 is 1.65 bits per heavy atom. The van der Waals surface area contributed by atoms with Crippen LogP contribution in [0.4, 0.5) is 5.95 Å². The predicted octanol–water partition coefficient (Wildman–Crippen LogP) is 4.84. The lowest BCUT2D eigenvalue weighted by Gasteiger charge is -2.14. The highest BCUT2D eigenvalue weighted by Crippen LogP contribution is 2.24. The molecule has 0 saturated carbocycles. The van der Waals surface area contributed by atoms with Gasteiger partial charge in [0.15, 0.2) is 5.78 Å². The van der Waals surface area contributed by atoms with E-state index in [4.69, 9.17) is 20.8 Å². The minimum atomic E-state index is -0.532. The fraction of sp³-hybridized carbons (Fsp3) is 0.395. The highest BCUT2D eigenvalue weighted by molar-refractivity contribution is 6.03. The van der Waals surface area contributed by atoms with Crippen molar-refractivity contribution < 1.29 is 14.4 Å². The molecule has 0 unspecified atom stereocenters. The van der Waals surface area contributed by atoms with Crippen molar-refractivity contribution in [1.29, 1.82) is 0 Å². The number of nitrogens with one attached hydrogen (secondary N) is 2. The summed E-state index contributed by atoms with van der Waals surface area (Å²) in [7, 11) is 0. The quantitative estimate of drug-likeness (QED) is 0.230. The van der Waals surface area contributed by atoms with Gasteiger partial charge in [0, 0.05) is 50.4 Å². The van der Waals surface area contributed by atoms with Crippen LogP contribution in [0.2, 0.25) is 0 Å². The molecule has 6 aromatic rings. The molecule has 0 fully saturated rings. The minimum Gasteiger partial charge on any atom is -0.366 e. The third-order valence-corrected chi connectivity index (χ3v) is 9.58. The zero-order valence-corrected chi connectivity index (χ0v) is 29.3. The average Bonchev–Trinajstić information content (AvgIpc) is 3.85. The van der Waals surface area contributed by atoms with Crippen LogP contribution in [0.25, 0.3) is 22.1 Å². The first-order chi connectivity index (χ1) is 24.7. The molecule has 4 aromatic heterocycles. The number of rotatable bonds is 2. The van der Waals surface area contributed by atoms with E-state index < -0.39 is 5.91 Å². The topological polar surface area (TPSA) is 173 Å². The number of aryl methyl sites for hydroxylation is 4. The maximum atomic E-state index is 14.2. The fourth-order valence-electron chi connectivity index (χ4n) is 7.11. The first-order valence-corrected chi connectivity index (χ1v) is 17.6. The lowest BCUT2D eigenvalue weighted by molar-refractivity contribution is 0.0975. The van der Waals surface area contributed by atoms with Crippen LogP contribution in [-0.2, 0) is 39.0 Å². The zero-order valence-electron chi connectivity index (χ0n) is 29.3. The van der Waals surface area contributed by atoms with Gasteiger partial charge in [-0.25, -0.2) is 9.97 Å². The summed E-state index contributed by atoms with van der Waals surface area (Å²) >= 11 is 0. The second-order valence-corrected chi connectivity index (χ2v) is 13.1. The van der Waals surface area contributed by atoms with Crippen molar-refractivity contribution in [3.05, 3.63) is 88.3 Å². The molecule has 4 N–H and O–H groups in total. The van der Waals surface area contributed by atoms with E-state index >= 15 is 0 Å². The number of amides is 2. The van der Waals surface area contributed by atoms with Gasteiger partial charge in [0.2, 0.25) is 11.9 Å². The number of hydrogen-bond donors (Lipinski definition) is 3. The first kappa shape index (κ1) is 36.2. The highest BCUT2D eigenvalue weighted by atomic mass is 16.2. The predicted molar refractivity (Wildman–Crippen MR) is 201 cm³/mol. The molecule has 0 aliphatic carbocycles. The van der Waals surface area contributed by atoms with Gasteiger partial charge in [0.1, 0.15) is 17.2 Å². The number of hydrogen-bond acceptors (Lipinski definition) is 8. The summed E-state index contributed by atoms with van der Waals surface area (Å²) in [6.07, 6.45) is 3.34. The molecule has 0 radical (unpaired) electrons. The smallest absolute Gasteiger partial charge is 0.276 e. The Morgan fingerprint density at radius 3 is 2.44 bits per heavy atom. The van der Waals surface area contributed by atoms with Crippen LogP contribution in [0.15, 0.2) is 48.5 Å². The Balaban J connectivity index is 0.00000464. The number of Topliss-reactive ketones (excluding diaryl/α,β-unsaturated/α-hetero) is 1. The molecule has 0 saturated heterocycles. The van der Waals surface area contributed by atoms with Crippen LogP contribution in [0.5, 0.6) is 0 Å². The van der Waals surface area contributed by atoms with Crippen molar-refractivity contribution in [1.82, 2.24) is 44.0 Å². The van der Waals surface area contributed by atoms with E-state index in [1.165, 1.54) is 0 Å². The number of nitrogens with two attached hydrogens (primary N) is 1. The summed E-state index contributed by atoms with van der Waals surface area (Å²) in [5.74, 6) is 0.254. The maximum absolute atomic E-state index is 14.2. The van der Waals surface area contributed by atoms with Gasteiger partial charge in [-0.15, -0.1) is 0 Å².